The lowest BCUT2D eigenvalue weighted by atomic mass is 10.2. The van der Waals surface area contributed by atoms with Crippen LogP contribution in [0.5, 0.6) is 0 Å². The molecule has 1 amide bonds. The van der Waals surface area contributed by atoms with Gasteiger partial charge in [0.05, 0.1) is 23.0 Å². The van der Waals surface area contributed by atoms with Crippen LogP contribution in [0.15, 0.2) is 77.6 Å². The molecule has 0 spiro atoms. The Morgan fingerprint density at radius 2 is 1.91 bits per heavy atom. The number of aromatic nitrogens is 6. The molecule has 0 saturated heterocycles. The van der Waals surface area contributed by atoms with E-state index in [0.29, 0.717) is 39.0 Å². The summed E-state index contributed by atoms with van der Waals surface area (Å²) in [5.41, 5.74) is 2.69. The zero-order valence-corrected chi connectivity index (χ0v) is 18.6. The lowest BCUT2D eigenvalue weighted by Gasteiger charge is -2.08. The number of anilines is 1. The minimum Gasteiger partial charge on any atom is -0.451 e. The Bertz CT molecular complexity index is 1670. The monoisotopic (exact) mass is 469 g/mol. The highest BCUT2D eigenvalue weighted by Gasteiger charge is 2.19. The minimum absolute atomic E-state index is 0.202. The van der Waals surface area contributed by atoms with Crippen molar-refractivity contribution < 1.29 is 9.21 Å². The SMILES string of the molecule is Cc1cc(NC(=O)c2cc3ccccc3o2)n(-c2ncnc3c2cnn3-c2cccc(Cl)c2)n1. The Labute approximate surface area is 197 Å². The van der Waals surface area contributed by atoms with Crippen LogP contribution < -0.4 is 5.32 Å². The largest absolute Gasteiger partial charge is 0.451 e. The number of amides is 1. The predicted octanol–water partition coefficient (Wildman–Crippen LogP) is 4.96. The van der Waals surface area contributed by atoms with E-state index in [1.807, 2.05) is 43.3 Å². The summed E-state index contributed by atoms with van der Waals surface area (Å²) >= 11 is 6.15. The number of nitrogens with zero attached hydrogens (tertiary/aromatic N) is 6. The summed E-state index contributed by atoms with van der Waals surface area (Å²) in [6.45, 7) is 1.83. The highest BCUT2D eigenvalue weighted by atomic mass is 35.5. The van der Waals surface area contributed by atoms with E-state index in [-0.39, 0.29) is 5.76 Å². The number of carbonyl (C=O) groups is 1. The topological polar surface area (TPSA) is 104 Å². The van der Waals surface area contributed by atoms with Crippen molar-refractivity contribution in [2.24, 2.45) is 0 Å². The quantitative estimate of drug-likeness (QED) is 0.391. The van der Waals surface area contributed by atoms with E-state index in [1.165, 1.54) is 6.33 Å². The maximum atomic E-state index is 13.0. The third-order valence-corrected chi connectivity index (χ3v) is 5.56. The smallest absolute Gasteiger partial charge is 0.292 e. The molecule has 0 unspecified atom stereocenters. The fourth-order valence-corrected chi connectivity index (χ4v) is 4.00. The number of aryl methyl sites for hydroxylation is 1. The molecule has 0 fully saturated rings. The van der Waals surface area contributed by atoms with E-state index in [9.17, 15) is 4.79 Å². The maximum absolute atomic E-state index is 13.0. The van der Waals surface area contributed by atoms with Crippen molar-refractivity contribution in [1.29, 1.82) is 0 Å². The number of fused-ring (bicyclic) bond motifs is 2. The molecule has 0 atom stereocenters. The number of carbonyl (C=O) groups excluding carboxylic acids is 1. The average Bonchev–Trinajstić information content (AvgIpc) is 3.55. The van der Waals surface area contributed by atoms with Crippen molar-refractivity contribution in [3.63, 3.8) is 0 Å². The first-order valence-electron chi connectivity index (χ1n) is 10.4. The molecule has 0 aliphatic rings. The van der Waals surface area contributed by atoms with Crippen LogP contribution in [0.25, 0.3) is 33.5 Å². The zero-order valence-electron chi connectivity index (χ0n) is 17.8. The molecule has 0 aliphatic carbocycles. The molecule has 1 N–H and O–H groups in total. The van der Waals surface area contributed by atoms with Gasteiger partial charge in [-0.2, -0.15) is 14.9 Å². The fraction of sp³-hybridized carbons (Fsp3) is 0.0417. The Morgan fingerprint density at radius 3 is 2.76 bits per heavy atom. The molecule has 34 heavy (non-hydrogen) atoms. The molecule has 2 aromatic carbocycles. The molecule has 6 rings (SSSR count). The van der Waals surface area contributed by atoms with Gasteiger partial charge in [-0.15, -0.1) is 0 Å². The Morgan fingerprint density at radius 1 is 1.03 bits per heavy atom. The van der Waals surface area contributed by atoms with Crippen molar-refractivity contribution in [1.82, 2.24) is 29.5 Å². The second-order valence-electron chi connectivity index (χ2n) is 7.66. The van der Waals surface area contributed by atoms with Crippen LogP contribution in [0.4, 0.5) is 5.82 Å². The van der Waals surface area contributed by atoms with Gasteiger partial charge in [-0.3, -0.25) is 4.79 Å². The molecular formula is C24H16ClN7O2. The first-order chi connectivity index (χ1) is 16.6. The molecular weight excluding hydrogens is 454 g/mol. The highest BCUT2D eigenvalue weighted by Crippen LogP contribution is 2.26. The molecule has 4 heterocycles. The van der Waals surface area contributed by atoms with Crippen LogP contribution in [-0.4, -0.2) is 35.4 Å². The molecule has 0 radical (unpaired) electrons. The van der Waals surface area contributed by atoms with Gasteiger partial charge < -0.3 is 9.73 Å². The number of halogens is 1. The third kappa shape index (κ3) is 3.39. The maximum Gasteiger partial charge on any atom is 0.292 e. The van der Waals surface area contributed by atoms with Crippen molar-refractivity contribution in [2.45, 2.75) is 6.92 Å². The minimum atomic E-state index is -0.391. The first-order valence-corrected chi connectivity index (χ1v) is 10.8. The van der Waals surface area contributed by atoms with E-state index in [4.69, 9.17) is 16.0 Å². The van der Waals surface area contributed by atoms with Gasteiger partial charge >= 0.3 is 0 Å². The van der Waals surface area contributed by atoms with Gasteiger partial charge in [0.15, 0.2) is 17.2 Å². The molecule has 0 saturated carbocycles. The predicted molar refractivity (Wildman–Crippen MR) is 128 cm³/mol. The van der Waals surface area contributed by atoms with Gasteiger partial charge in [-0.25, -0.2) is 14.6 Å². The number of furan rings is 1. The van der Waals surface area contributed by atoms with Gasteiger partial charge in [-0.1, -0.05) is 35.9 Å². The van der Waals surface area contributed by atoms with Gasteiger partial charge in [0, 0.05) is 16.5 Å². The molecule has 4 aromatic heterocycles. The van der Waals surface area contributed by atoms with Gasteiger partial charge in [-0.05, 0) is 37.3 Å². The van der Waals surface area contributed by atoms with Crippen molar-refractivity contribution in [3.8, 4) is 11.5 Å². The standard InChI is InChI=1S/C24H16ClN7O2/c1-14-9-21(29-24(33)20-10-15-5-2-3-8-19(15)34-20)32(30-14)23-18-12-28-31(22(18)26-13-27-23)17-7-4-6-16(25)11-17/h2-13H,1H3,(H,29,33). The number of para-hydroxylation sites is 1. The second kappa shape index (κ2) is 7.82. The Hall–Kier alpha value is -4.50. The van der Waals surface area contributed by atoms with E-state index >= 15 is 0 Å². The van der Waals surface area contributed by atoms with E-state index < -0.39 is 5.91 Å². The van der Waals surface area contributed by atoms with E-state index in [0.717, 1.165) is 11.1 Å². The number of benzene rings is 2. The summed E-state index contributed by atoms with van der Waals surface area (Å²) in [6, 6.07) is 18.2. The van der Waals surface area contributed by atoms with Crippen LogP contribution in [0.1, 0.15) is 16.2 Å². The van der Waals surface area contributed by atoms with Crippen LogP contribution >= 0.6 is 11.6 Å². The van der Waals surface area contributed by atoms with Crippen molar-refractivity contribution in [2.75, 3.05) is 5.32 Å². The van der Waals surface area contributed by atoms with Gasteiger partial charge in [0.1, 0.15) is 17.7 Å². The summed E-state index contributed by atoms with van der Waals surface area (Å²) in [7, 11) is 0. The van der Waals surface area contributed by atoms with Crippen LogP contribution in [0, 0.1) is 6.92 Å². The van der Waals surface area contributed by atoms with Crippen LogP contribution in [-0.2, 0) is 0 Å². The second-order valence-corrected chi connectivity index (χ2v) is 8.09. The highest BCUT2D eigenvalue weighted by molar-refractivity contribution is 6.30. The third-order valence-electron chi connectivity index (χ3n) is 5.32. The molecule has 0 bridgehead atoms. The summed E-state index contributed by atoms with van der Waals surface area (Å²) in [5, 5.41) is 14.0. The summed E-state index contributed by atoms with van der Waals surface area (Å²) < 4.78 is 8.93. The van der Waals surface area contributed by atoms with Crippen molar-refractivity contribution >= 4 is 45.3 Å². The van der Waals surface area contributed by atoms with Gasteiger partial charge in [0.25, 0.3) is 5.91 Å². The van der Waals surface area contributed by atoms with Crippen LogP contribution in [0.2, 0.25) is 5.02 Å². The number of hydrogen-bond acceptors (Lipinski definition) is 6. The summed E-state index contributed by atoms with van der Waals surface area (Å²) in [5.74, 6) is 0.732. The zero-order chi connectivity index (χ0) is 23.2. The molecule has 10 heteroatoms. The lowest BCUT2D eigenvalue weighted by Crippen LogP contribution is -2.15. The molecule has 9 nitrogen and oxygen atoms in total. The fourth-order valence-electron chi connectivity index (χ4n) is 3.82. The Kier molecular flexibility index (Phi) is 4.63. The normalized spacial score (nSPS) is 11.4. The van der Waals surface area contributed by atoms with E-state index in [2.05, 4.69) is 25.5 Å². The number of nitrogens with one attached hydrogen (secondary N) is 1. The molecule has 0 aliphatic heterocycles. The average molecular weight is 470 g/mol. The number of hydrogen-bond donors (Lipinski definition) is 1. The summed E-state index contributed by atoms with van der Waals surface area (Å²) in [6.07, 6.45) is 3.09. The van der Waals surface area contributed by atoms with Gasteiger partial charge in [0.2, 0.25) is 0 Å². The Balaban J connectivity index is 1.40. The number of rotatable bonds is 4. The molecule has 166 valence electrons. The van der Waals surface area contributed by atoms with Crippen LogP contribution in [0.3, 0.4) is 0 Å². The summed E-state index contributed by atoms with van der Waals surface area (Å²) in [4.78, 5) is 21.8. The lowest BCUT2D eigenvalue weighted by molar-refractivity contribution is 0.0998. The van der Waals surface area contributed by atoms with Crippen molar-refractivity contribution in [3.05, 3.63) is 89.7 Å². The van der Waals surface area contributed by atoms with E-state index in [1.54, 1.807) is 39.8 Å². The first kappa shape index (κ1) is 20.1. The molecule has 6 aromatic rings.